The van der Waals surface area contributed by atoms with Gasteiger partial charge in [0.1, 0.15) is 0 Å². The van der Waals surface area contributed by atoms with Crippen molar-refractivity contribution in [3.05, 3.63) is 57.8 Å². The van der Waals surface area contributed by atoms with Crippen molar-refractivity contribution in [1.29, 1.82) is 0 Å². The van der Waals surface area contributed by atoms with E-state index in [1.165, 1.54) is 16.0 Å². The summed E-state index contributed by atoms with van der Waals surface area (Å²) in [5, 5.41) is 5.66. The average Bonchev–Trinajstić information content (AvgIpc) is 2.79. The Morgan fingerprint density at radius 3 is 2.81 bits per heavy atom. The van der Waals surface area contributed by atoms with E-state index >= 15 is 0 Å². The van der Waals surface area contributed by atoms with Gasteiger partial charge in [-0.05, 0) is 30.9 Å². The van der Waals surface area contributed by atoms with E-state index < -0.39 is 0 Å². The van der Waals surface area contributed by atoms with Gasteiger partial charge >= 0.3 is 0 Å². The monoisotopic (exact) mass is 231 g/mol. The Kier molecular flexibility index (Phi) is 3.75. The zero-order valence-electron chi connectivity index (χ0n) is 9.73. The third kappa shape index (κ3) is 2.94. The Labute approximate surface area is 101 Å². The van der Waals surface area contributed by atoms with E-state index in [2.05, 4.69) is 60.9 Å². The molecule has 16 heavy (non-hydrogen) atoms. The summed E-state index contributed by atoms with van der Waals surface area (Å²) in [7, 11) is 0. The summed E-state index contributed by atoms with van der Waals surface area (Å²) in [6, 6.07) is 13.4. The molecular formula is C14H17NS. The van der Waals surface area contributed by atoms with E-state index in [1.54, 1.807) is 11.3 Å². The summed E-state index contributed by atoms with van der Waals surface area (Å²) in [6.07, 6.45) is 0. The van der Waals surface area contributed by atoms with Gasteiger partial charge in [-0.15, -0.1) is 11.3 Å². The lowest BCUT2D eigenvalue weighted by Crippen LogP contribution is -2.17. The molecule has 1 atom stereocenters. The van der Waals surface area contributed by atoms with Crippen molar-refractivity contribution in [1.82, 2.24) is 5.32 Å². The molecule has 0 saturated carbocycles. The van der Waals surface area contributed by atoms with Crippen LogP contribution in [0.5, 0.6) is 0 Å². The van der Waals surface area contributed by atoms with Crippen LogP contribution in [0.4, 0.5) is 0 Å². The van der Waals surface area contributed by atoms with Crippen LogP contribution in [0, 0.1) is 6.92 Å². The summed E-state index contributed by atoms with van der Waals surface area (Å²) in [4.78, 5) is 1.40. The highest BCUT2D eigenvalue weighted by Gasteiger charge is 2.04. The van der Waals surface area contributed by atoms with E-state index in [0.717, 1.165) is 6.54 Å². The van der Waals surface area contributed by atoms with Gasteiger partial charge in [0.15, 0.2) is 0 Å². The molecule has 2 aromatic rings. The van der Waals surface area contributed by atoms with Crippen molar-refractivity contribution < 1.29 is 0 Å². The Balaban J connectivity index is 1.92. The Morgan fingerprint density at radius 1 is 1.25 bits per heavy atom. The normalized spacial score (nSPS) is 12.6. The molecule has 0 aliphatic rings. The first-order chi connectivity index (χ1) is 7.75. The van der Waals surface area contributed by atoms with Gasteiger partial charge in [0.25, 0.3) is 0 Å². The second-order valence-corrected chi connectivity index (χ2v) is 5.09. The SMILES string of the molecule is Cc1cccc(CN[C@@H](C)c2cccs2)c1. The second-order valence-electron chi connectivity index (χ2n) is 4.11. The zero-order chi connectivity index (χ0) is 11.4. The number of hydrogen-bond acceptors (Lipinski definition) is 2. The molecule has 2 rings (SSSR count). The topological polar surface area (TPSA) is 12.0 Å². The zero-order valence-corrected chi connectivity index (χ0v) is 10.6. The molecule has 0 saturated heterocycles. The highest BCUT2D eigenvalue weighted by Crippen LogP contribution is 2.18. The molecule has 0 unspecified atom stereocenters. The molecule has 1 nitrogen and oxygen atoms in total. The molecule has 0 fully saturated rings. The minimum atomic E-state index is 0.431. The van der Waals surface area contributed by atoms with E-state index in [0.29, 0.717) is 6.04 Å². The van der Waals surface area contributed by atoms with Crippen LogP contribution in [0.25, 0.3) is 0 Å². The molecule has 0 spiro atoms. The lowest BCUT2D eigenvalue weighted by atomic mass is 10.1. The summed E-state index contributed by atoms with van der Waals surface area (Å²) in [5.41, 5.74) is 2.67. The smallest absolute Gasteiger partial charge is 0.0388 e. The third-order valence-corrected chi connectivity index (χ3v) is 3.72. The summed E-state index contributed by atoms with van der Waals surface area (Å²) < 4.78 is 0. The Bertz CT molecular complexity index is 434. The van der Waals surface area contributed by atoms with E-state index in [-0.39, 0.29) is 0 Å². The molecule has 0 aliphatic carbocycles. The fraction of sp³-hybridized carbons (Fsp3) is 0.286. The van der Waals surface area contributed by atoms with Crippen LogP contribution in [0.3, 0.4) is 0 Å². The summed E-state index contributed by atoms with van der Waals surface area (Å²) in [5.74, 6) is 0. The fourth-order valence-corrected chi connectivity index (χ4v) is 2.49. The predicted octanol–water partition coefficient (Wildman–Crippen LogP) is 3.91. The van der Waals surface area contributed by atoms with Crippen molar-refractivity contribution >= 4 is 11.3 Å². The highest BCUT2D eigenvalue weighted by molar-refractivity contribution is 7.10. The van der Waals surface area contributed by atoms with Gasteiger partial charge in [-0.3, -0.25) is 0 Å². The molecule has 1 N–H and O–H groups in total. The van der Waals surface area contributed by atoms with Gasteiger partial charge in [-0.25, -0.2) is 0 Å². The number of thiophene rings is 1. The Hall–Kier alpha value is -1.12. The van der Waals surface area contributed by atoms with Crippen LogP contribution in [-0.4, -0.2) is 0 Å². The van der Waals surface area contributed by atoms with Crippen LogP contribution in [-0.2, 0) is 6.54 Å². The minimum absolute atomic E-state index is 0.431. The van der Waals surface area contributed by atoms with Crippen molar-refractivity contribution in [2.75, 3.05) is 0 Å². The number of benzene rings is 1. The van der Waals surface area contributed by atoms with Crippen molar-refractivity contribution in [2.24, 2.45) is 0 Å². The number of aryl methyl sites for hydroxylation is 1. The summed E-state index contributed by atoms with van der Waals surface area (Å²) in [6.45, 7) is 5.27. The fourth-order valence-electron chi connectivity index (χ4n) is 1.73. The van der Waals surface area contributed by atoms with Gasteiger partial charge in [-0.2, -0.15) is 0 Å². The molecule has 0 bridgehead atoms. The second kappa shape index (κ2) is 5.28. The van der Waals surface area contributed by atoms with Gasteiger partial charge in [0, 0.05) is 17.5 Å². The lowest BCUT2D eigenvalue weighted by molar-refractivity contribution is 0.583. The number of nitrogens with one attached hydrogen (secondary N) is 1. The van der Waals surface area contributed by atoms with Gasteiger partial charge in [0.05, 0.1) is 0 Å². The first kappa shape index (κ1) is 11.4. The maximum Gasteiger partial charge on any atom is 0.0388 e. The molecule has 1 heterocycles. The molecule has 0 amide bonds. The predicted molar refractivity (Wildman–Crippen MR) is 70.8 cm³/mol. The van der Waals surface area contributed by atoms with Gasteiger partial charge in [-0.1, -0.05) is 35.9 Å². The van der Waals surface area contributed by atoms with Crippen LogP contribution in [0.2, 0.25) is 0 Å². The number of rotatable bonds is 4. The standard InChI is InChI=1S/C14H17NS/c1-11-5-3-6-13(9-11)10-15-12(2)14-7-4-8-16-14/h3-9,12,15H,10H2,1-2H3/t12-/m0/s1. The maximum absolute atomic E-state index is 3.54. The largest absolute Gasteiger partial charge is 0.305 e. The Morgan fingerprint density at radius 2 is 2.12 bits per heavy atom. The van der Waals surface area contributed by atoms with E-state index in [1.807, 2.05) is 0 Å². The molecule has 2 heteroatoms. The molecular weight excluding hydrogens is 214 g/mol. The van der Waals surface area contributed by atoms with Crippen LogP contribution in [0.15, 0.2) is 41.8 Å². The first-order valence-corrected chi connectivity index (χ1v) is 6.46. The quantitative estimate of drug-likeness (QED) is 0.841. The highest BCUT2D eigenvalue weighted by atomic mass is 32.1. The van der Waals surface area contributed by atoms with Gasteiger partial charge in [0.2, 0.25) is 0 Å². The first-order valence-electron chi connectivity index (χ1n) is 5.58. The molecule has 0 aliphatic heterocycles. The molecule has 1 aromatic carbocycles. The van der Waals surface area contributed by atoms with Gasteiger partial charge < -0.3 is 5.32 Å². The lowest BCUT2D eigenvalue weighted by Gasteiger charge is -2.12. The molecule has 84 valence electrons. The van der Waals surface area contributed by atoms with Crippen molar-refractivity contribution in [3.8, 4) is 0 Å². The van der Waals surface area contributed by atoms with Crippen LogP contribution >= 0.6 is 11.3 Å². The number of hydrogen-bond donors (Lipinski definition) is 1. The van der Waals surface area contributed by atoms with Crippen molar-refractivity contribution in [2.45, 2.75) is 26.4 Å². The maximum atomic E-state index is 3.54. The van der Waals surface area contributed by atoms with Crippen LogP contribution < -0.4 is 5.32 Å². The molecule has 1 aromatic heterocycles. The van der Waals surface area contributed by atoms with Crippen LogP contribution in [0.1, 0.15) is 29.0 Å². The van der Waals surface area contributed by atoms with E-state index in [9.17, 15) is 0 Å². The minimum Gasteiger partial charge on any atom is -0.305 e. The van der Waals surface area contributed by atoms with E-state index in [4.69, 9.17) is 0 Å². The summed E-state index contributed by atoms with van der Waals surface area (Å²) >= 11 is 1.81. The van der Waals surface area contributed by atoms with Crippen molar-refractivity contribution in [3.63, 3.8) is 0 Å². The third-order valence-electron chi connectivity index (χ3n) is 2.66. The average molecular weight is 231 g/mol. The molecule has 0 radical (unpaired) electrons.